The number of carbonyl (C=O) groups excluding carboxylic acids is 1. The molecule has 0 aliphatic carbocycles. The van der Waals surface area contributed by atoms with Gasteiger partial charge < -0.3 is 24.6 Å². The number of rotatable bonds is 7. The molecule has 5 heterocycles. The summed E-state index contributed by atoms with van der Waals surface area (Å²) in [4.78, 5) is 27.3. The first-order chi connectivity index (χ1) is 16.9. The number of likely N-dealkylation sites (N-methyl/N-ethyl adjacent to an activating group) is 1. The highest BCUT2D eigenvalue weighted by molar-refractivity contribution is 5.87. The van der Waals surface area contributed by atoms with Gasteiger partial charge in [0.1, 0.15) is 11.4 Å². The van der Waals surface area contributed by atoms with Gasteiger partial charge in [0.15, 0.2) is 5.76 Å². The van der Waals surface area contributed by atoms with Gasteiger partial charge >= 0.3 is 0 Å². The summed E-state index contributed by atoms with van der Waals surface area (Å²) in [7, 11) is 3.44. The number of aliphatic hydroxyl groups is 1. The molecular formula is C23H24N8O4. The second-order valence-corrected chi connectivity index (χ2v) is 8.17. The number of nitrogens with zero attached hydrogens (tertiary/aromatic N) is 7. The summed E-state index contributed by atoms with van der Waals surface area (Å²) in [6, 6.07) is 8.69. The standard InChI is InChI=1S/C23H24N8O4/c1-4-34-20-18(13-31(3)28-20)27-22-24-10-8-16(26-22)14-6-5-7-15(25-14)17-12-19(35-29-17)23(33)9-11-30(2)21(23)32/h5-8,10,12-13,33H,4,9,11H2,1-3H3,(H,24,26,27)/t23-/m1/s1. The molecule has 35 heavy (non-hydrogen) atoms. The lowest BCUT2D eigenvalue weighted by Crippen LogP contribution is -2.35. The first kappa shape index (κ1) is 22.5. The van der Waals surface area contributed by atoms with E-state index < -0.39 is 11.5 Å². The molecule has 4 aromatic rings. The van der Waals surface area contributed by atoms with Gasteiger partial charge in [-0.15, -0.1) is 5.10 Å². The molecule has 0 saturated carbocycles. The molecule has 2 N–H and O–H groups in total. The Hall–Kier alpha value is -4.32. The zero-order valence-electron chi connectivity index (χ0n) is 19.5. The molecule has 4 aromatic heterocycles. The smallest absolute Gasteiger partial charge is 0.262 e. The number of amides is 1. The Morgan fingerprint density at radius 2 is 1.94 bits per heavy atom. The molecule has 12 heteroatoms. The molecule has 1 saturated heterocycles. The van der Waals surface area contributed by atoms with E-state index in [4.69, 9.17) is 9.26 Å². The molecule has 0 aromatic carbocycles. The monoisotopic (exact) mass is 476 g/mol. The maximum Gasteiger partial charge on any atom is 0.262 e. The lowest BCUT2D eigenvalue weighted by Gasteiger charge is -2.16. The normalized spacial score (nSPS) is 17.7. The van der Waals surface area contributed by atoms with Crippen LogP contribution in [0, 0.1) is 0 Å². The van der Waals surface area contributed by atoms with Gasteiger partial charge in [-0.05, 0) is 25.1 Å². The summed E-state index contributed by atoms with van der Waals surface area (Å²) in [5.74, 6) is 0.506. The lowest BCUT2D eigenvalue weighted by molar-refractivity contribution is -0.144. The number of aromatic nitrogens is 6. The number of pyridine rings is 1. The fourth-order valence-electron chi connectivity index (χ4n) is 3.87. The molecule has 0 unspecified atom stereocenters. The number of carbonyl (C=O) groups is 1. The van der Waals surface area contributed by atoms with Crippen LogP contribution in [0.3, 0.4) is 0 Å². The molecule has 5 rings (SSSR count). The van der Waals surface area contributed by atoms with Crippen LogP contribution in [0.15, 0.2) is 47.2 Å². The number of aryl methyl sites for hydroxylation is 1. The van der Waals surface area contributed by atoms with Crippen LogP contribution in [0.2, 0.25) is 0 Å². The van der Waals surface area contributed by atoms with E-state index in [0.29, 0.717) is 53.4 Å². The Morgan fingerprint density at radius 3 is 2.69 bits per heavy atom. The number of hydrogen-bond acceptors (Lipinski definition) is 10. The van der Waals surface area contributed by atoms with Gasteiger partial charge in [0, 0.05) is 39.3 Å². The van der Waals surface area contributed by atoms with E-state index in [0.717, 1.165) is 0 Å². The van der Waals surface area contributed by atoms with Gasteiger partial charge in [-0.2, -0.15) is 0 Å². The van der Waals surface area contributed by atoms with E-state index >= 15 is 0 Å². The minimum atomic E-state index is -1.71. The molecule has 1 atom stereocenters. The maximum absolute atomic E-state index is 12.4. The van der Waals surface area contributed by atoms with Crippen molar-refractivity contribution >= 4 is 17.5 Å². The molecular weight excluding hydrogens is 452 g/mol. The topological polar surface area (TPSA) is 144 Å². The highest BCUT2D eigenvalue weighted by atomic mass is 16.5. The van der Waals surface area contributed by atoms with Gasteiger partial charge in [-0.25, -0.2) is 15.0 Å². The molecule has 0 bridgehead atoms. The lowest BCUT2D eigenvalue weighted by atomic mass is 9.98. The second-order valence-electron chi connectivity index (χ2n) is 8.17. The van der Waals surface area contributed by atoms with Crippen molar-refractivity contribution < 1.29 is 19.2 Å². The molecule has 1 aliphatic rings. The van der Waals surface area contributed by atoms with E-state index in [2.05, 4.69) is 30.5 Å². The minimum absolute atomic E-state index is 0.101. The Bertz CT molecular complexity index is 1380. The predicted octanol–water partition coefficient (Wildman–Crippen LogP) is 2.12. The van der Waals surface area contributed by atoms with E-state index in [1.807, 2.05) is 19.1 Å². The summed E-state index contributed by atoms with van der Waals surface area (Å²) in [6.07, 6.45) is 3.65. The molecule has 0 radical (unpaired) electrons. The minimum Gasteiger partial charge on any atom is -0.475 e. The second kappa shape index (κ2) is 8.80. The van der Waals surface area contributed by atoms with E-state index in [1.165, 1.54) is 4.90 Å². The van der Waals surface area contributed by atoms with Gasteiger partial charge in [-0.3, -0.25) is 9.48 Å². The SMILES string of the molecule is CCOc1nn(C)cc1Nc1nccc(-c2cccc(-c3cc([C@]4(O)CCN(C)C4=O)on3)n2)n1. The van der Waals surface area contributed by atoms with Gasteiger partial charge in [0.25, 0.3) is 11.8 Å². The maximum atomic E-state index is 12.4. The fraction of sp³-hybridized carbons (Fsp3) is 0.304. The summed E-state index contributed by atoms with van der Waals surface area (Å²) in [5, 5.41) is 22.3. The Balaban J connectivity index is 1.41. The molecule has 1 fully saturated rings. The van der Waals surface area contributed by atoms with Gasteiger partial charge in [0.05, 0.1) is 29.9 Å². The van der Waals surface area contributed by atoms with Crippen LogP contribution in [-0.4, -0.2) is 66.0 Å². The van der Waals surface area contributed by atoms with Crippen molar-refractivity contribution in [1.82, 2.24) is 34.8 Å². The van der Waals surface area contributed by atoms with Crippen molar-refractivity contribution in [3.63, 3.8) is 0 Å². The van der Waals surface area contributed by atoms with Crippen LogP contribution in [0.25, 0.3) is 22.8 Å². The van der Waals surface area contributed by atoms with Gasteiger partial charge in [0.2, 0.25) is 11.5 Å². The molecule has 0 spiro atoms. The van der Waals surface area contributed by atoms with Crippen LogP contribution in [0.5, 0.6) is 5.88 Å². The zero-order chi connectivity index (χ0) is 24.6. The summed E-state index contributed by atoms with van der Waals surface area (Å²) >= 11 is 0. The predicted molar refractivity (Wildman–Crippen MR) is 125 cm³/mol. The van der Waals surface area contributed by atoms with Crippen LogP contribution in [0.4, 0.5) is 11.6 Å². The summed E-state index contributed by atoms with van der Waals surface area (Å²) < 4.78 is 12.5. The van der Waals surface area contributed by atoms with Crippen LogP contribution < -0.4 is 10.1 Å². The molecule has 1 aliphatic heterocycles. The third kappa shape index (κ3) is 4.19. The Labute approximate surface area is 200 Å². The fourth-order valence-corrected chi connectivity index (χ4v) is 3.87. The summed E-state index contributed by atoms with van der Waals surface area (Å²) in [5.41, 5.74) is 1.02. The Morgan fingerprint density at radius 1 is 1.17 bits per heavy atom. The largest absolute Gasteiger partial charge is 0.475 e. The first-order valence-electron chi connectivity index (χ1n) is 11.1. The molecule has 180 valence electrons. The summed E-state index contributed by atoms with van der Waals surface area (Å²) in [6.45, 7) is 2.81. The number of hydrogen-bond donors (Lipinski definition) is 2. The number of anilines is 2. The van der Waals surface area contributed by atoms with Crippen molar-refractivity contribution in [2.75, 3.05) is 25.5 Å². The number of ether oxygens (including phenoxy) is 1. The average molecular weight is 476 g/mol. The third-order valence-corrected chi connectivity index (χ3v) is 5.68. The first-order valence-corrected chi connectivity index (χ1v) is 11.1. The molecule has 12 nitrogen and oxygen atoms in total. The zero-order valence-corrected chi connectivity index (χ0v) is 19.5. The van der Waals surface area contributed by atoms with Crippen molar-refractivity contribution in [2.24, 2.45) is 7.05 Å². The Kier molecular flexibility index (Phi) is 5.65. The van der Waals surface area contributed by atoms with Crippen molar-refractivity contribution in [3.8, 4) is 28.7 Å². The van der Waals surface area contributed by atoms with Crippen molar-refractivity contribution in [2.45, 2.75) is 18.9 Å². The van der Waals surface area contributed by atoms with Crippen LogP contribution >= 0.6 is 0 Å². The number of likely N-dealkylation sites (tertiary alicyclic amines) is 1. The van der Waals surface area contributed by atoms with E-state index in [-0.39, 0.29) is 12.2 Å². The quantitative estimate of drug-likeness (QED) is 0.407. The average Bonchev–Trinajstić information content (AvgIpc) is 3.56. The van der Waals surface area contributed by atoms with Crippen molar-refractivity contribution in [3.05, 3.63) is 48.5 Å². The van der Waals surface area contributed by atoms with Crippen LogP contribution in [0.1, 0.15) is 19.1 Å². The number of nitrogens with one attached hydrogen (secondary N) is 1. The van der Waals surface area contributed by atoms with Crippen LogP contribution in [-0.2, 0) is 17.4 Å². The highest BCUT2D eigenvalue weighted by Gasteiger charge is 2.48. The molecule has 1 amide bonds. The van der Waals surface area contributed by atoms with E-state index in [9.17, 15) is 9.90 Å². The van der Waals surface area contributed by atoms with Gasteiger partial charge in [-0.1, -0.05) is 11.2 Å². The van der Waals surface area contributed by atoms with E-state index in [1.54, 1.807) is 49.4 Å². The third-order valence-electron chi connectivity index (χ3n) is 5.68. The highest BCUT2D eigenvalue weighted by Crippen LogP contribution is 2.34. The van der Waals surface area contributed by atoms with Crippen molar-refractivity contribution in [1.29, 1.82) is 0 Å².